The van der Waals surface area contributed by atoms with Crippen LogP contribution in [0.15, 0.2) is 59.3 Å². The number of carbonyl (C=O) groups excluding carboxylic acids is 2. The van der Waals surface area contributed by atoms with Crippen LogP contribution in [0.5, 0.6) is 0 Å². The fourth-order valence-electron chi connectivity index (χ4n) is 2.88. The third-order valence-corrected chi connectivity index (χ3v) is 5.22. The third-order valence-electron chi connectivity index (χ3n) is 4.20. The Morgan fingerprint density at radius 1 is 1.17 bits per heavy atom. The smallest absolute Gasteiger partial charge is 0.275 e. The molecule has 4 aromatic rings. The van der Waals surface area contributed by atoms with Crippen molar-refractivity contribution in [1.29, 1.82) is 0 Å². The monoisotopic (exact) mass is 406 g/mol. The van der Waals surface area contributed by atoms with Crippen molar-refractivity contribution in [3.63, 3.8) is 0 Å². The van der Waals surface area contributed by atoms with Crippen LogP contribution < -0.4 is 5.32 Å². The number of hydrogen-bond acceptors (Lipinski definition) is 6. The molecule has 0 saturated carbocycles. The molecule has 0 spiro atoms. The predicted molar refractivity (Wildman–Crippen MR) is 110 cm³/mol. The van der Waals surface area contributed by atoms with Gasteiger partial charge in [0, 0.05) is 13.1 Å². The first-order chi connectivity index (χ1) is 14.0. The molecule has 146 valence electrons. The number of hydrogen-bond donors (Lipinski definition) is 1. The van der Waals surface area contributed by atoms with E-state index in [-0.39, 0.29) is 11.7 Å². The number of furan rings is 1. The Morgan fingerprint density at radius 2 is 1.97 bits per heavy atom. The minimum absolute atomic E-state index is 0.127. The number of ketones is 1. The van der Waals surface area contributed by atoms with Gasteiger partial charge in [0.1, 0.15) is 11.5 Å². The van der Waals surface area contributed by atoms with Gasteiger partial charge in [0.25, 0.3) is 5.91 Å². The molecular weight excluding hydrogens is 388 g/mol. The second-order valence-electron chi connectivity index (χ2n) is 6.48. The predicted octanol–water partition coefficient (Wildman–Crippen LogP) is 4.41. The third kappa shape index (κ3) is 4.17. The maximum Gasteiger partial charge on any atom is 0.275 e. The highest BCUT2D eigenvalue weighted by Crippen LogP contribution is 2.30. The average molecular weight is 406 g/mol. The van der Waals surface area contributed by atoms with Gasteiger partial charge in [-0.05, 0) is 24.6 Å². The summed E-state index contributed by atoms with van der Waals surface area (Å²) in [4.78, 5) is 29.4. The van der Waals surface area contributed by atoms with Crippen molar-refractivity contribution < 1.29 is 14.0 Å². The van der Waals surface area contributed by atoms with E-state index in [0.29, 0.717) is 29.4 Å². The molecule has 3 heterocycles. The summed E-state index contributed by atoms with van der Waals surface area (Å²) in [5.41, 5.74) is 1.90. The van der Waals surface area contributed by atoms with Crippen molar-refractivity contribution in [2.24, 2.45) is 0 Å². The topological polar surface area (TPSA) is 90.0 Å². The van der Waals surface area contributed by atoms with Gasteiger partial charge < -0.3 is 9.73 Å². The van der Waals surface area contributed by atoms with Crippen LogP contribution in [0.1, 0.15) is 38.7 Å². The van der Waals surface area contributed by atoms with E-state index < -0.39 is 0 Å². The number of nitrogens with one attached hydrogen (secondary N) is 1. The van der Waals surface area contributed by atoms with E-state index in [1.807, 2.05) is 37.3 Å². The number of aryl methyl sites for hydroxylation is 1. The number of Topliss-reactive ketones (excluding diaryl/α,β-unsaturated/α-hetero) is 1. The van der Waals surface area contributed by atoms with Crippen LogP contribution in [0.3, 0.4) is 0 Å². The number of aromatic nitrogens is 3. The van der Waals surface area contributed by atoms with Gasteiger partial charge in [-0.2, -0.15) is 5.10 Å². The Kier molecular flexibility index (Phi) is 5.09. The van der Waals surface area contributed by atoms with Crippen molar-refractivity contribution in [2.45, 2.75) is 20.4 Å². The van der Waals surface area contributed by atoms with E-state index in [1.165, 1.54) is 18.3 Å². The molecule has 8 heteroatoms. The van der Waals surface area contributed by atoms with Crippen molar-refractivity contribution in [3.05, 3.63) is 77.1 Å². The molecule has 1 aromatic carbocycles. The van der Waals surface area contributed by atoms with Gasteiger partial charge in [-0.3, -0.25) is 14.3 Å². The quantitative estimate of drug-likeness (QED) is 0.479. The Hall–Kier alpha value is -3.52. The number of carbonyl (C=O) groups is 2. The van der Waals surface area contributed by atoms with Crippen LogP contribution in [0.2, 0.25) is 0 Å². The SMILES string of the molecule is CC(=O)c1ccc(Cn2cc(NC(=O)c3nc(C)sc3-c3ccccc3)cn2)o1. The second kappa shape index (κ2) is 7.84. The van der Waals surface area contributed by atoms with E-state index in [9.17, 15) is 9.59 Å². The van der Waals surface area contributed by atoms with Gasteiger partial charge in [0.15, 0.2) is 11.5 Å². The molecular formula is C21H18N4O3S. The first-order valence-electron chi connectivity index (χ1n) is 8.96. The number of nitrogens with zero attached hydrogens (tertiary/aromatic N) is 3. The molecule has 4 rings (SSSR count). The molecule has 1 N–H and O–H groups in total. The van der Waals surface area contributed by atoms with Crippen LogP contribution in [0, 0.1) is 6.92 Å². The van der Waals surface area contributed by atoms with E-state index in [1.54, 1.807) is 29.2 Å². The number of benzene rings is 1. The second-order valence-corrected chi connectivity index (χ2v) is 7.68. The Labute approximate surface area is 171 Å². The Morgan fingerprint density at radius 3 is 2.69 bits per heavy atom. The van der Waals surface area contributed by atoms with Crippen LogP contribution in [0.4, 0.5) is 5.69 Å². The Bertz CT molecular complexity index is 1170. The first kappa shape index (κ1) is 18.8. The first-order valence-corrected chi connectivity index (χ1v) is 9.77. The molecule has 0 aliphatic rings. The van der Waals surface area contributed by atoms with Crippen LogP contribution in [-0.2, 0) is 6.54 Å². The highest BCUT2D eigenvalue weighted by atomic mass is 32.1. The molecule has 29 heavy (non-hydrogen) atoms. The lowest BCUT2D eigenvalue weighted by Gasteiger charge is -2.03. The molecule has 0 bridgehead atoms. The zero-order chi connectivity index (χ0) is 20.4. The van der Waals surface area contributed by atoms with E-state index >= 15 is 0 Å². The number of rotatable bonds is 6. The summed E-state index contributed by atoms with van der Waals surface area (Å²) in [5.74, 6) is 0.507. The van der Waals surface area contributed by atoms with E-state index in [0.717, 1.165) is 15.4 Å². The van der Waals surface area contributed by atoms with Crippen molar-refractivity contribution in [3.8, 4) is 10.4 Å². The molecule has 0 radical (unpaired) electrons. The molecule has 0 unspecified atom stereocenters. The normalized spacial score (nSPS) is 10.8. The lowest BCUT2D eigenvalue weighted by molar-refractivity contribution is 0.0983. The molecule has 7 nitrogen and oxygen atoms in total. The van der Waals surface area contributed by atoms with Gasteiger partial charge >= 0.3 is 0 Å². The fraction of sp³-hybridized carbons (Fsp3) is 0.143. The number of thiazole rings is 1. The summed E-state index contributed by atoms with van der Waals surface area (Å²) in [7, 11) is 0. The minimum atomic E-state index is -0.287. The van der Waals surface area contributed by atoms with Crippen molar-refractivity contribution >= 4 is 28.7 Å². The van der Waals surface area contributed by atoms with E-state index in [2.05, 4.69) is 15.4 Å². The molecule has 0 saturated heterocycles. The summed E-state index contributed by atoms with van der Waals surface area (Å²) >= 11 is 1.49. The molecule has 0 aliphatic heterocycles. The summed E-state index contributed by atoms with van der Waals surface area (Å²) in [6.45, 7) is 3.69. The van der Waals surface area contributed by atoms with Gasteiger partial charge in [-0.1, -0.05) is 30.3 Å². The van der Waals surface area contributed by atoms with Gasteiger partial charge in [-0.15, -0.1) is 11.3 Å². The highest BCUT2D eigenvalue weighted by Gasteiger charge is 2.19. The maximum absolute atomic E-state index is 12.8. The summed E-state index contributed by atoms with van der Waals surface area (Å²) in [5, 5.41) is 7.91. The lowest BCUT2D eigenvalue weighted by atomic mass is 10.1. The van der Waals surface area contributed by atoms with Crippen molar-refractivity contribution in [2.75, 3.05) is 5.32 Å². The van der Waals surface area contributed by atoms with E-state index in [4.69, 9.17) is 4.42 Å². The Balaban J connectivity index is 1.49. The molecule has 0 atom stereocenters. The highest BCUT2D eigenvalue weighted by molar-refractivity contribution is 7.15. The summed E-state index contributed by atoms with van der Waals surface area (Å²) in [6, 6.07) is 13.1. The summed E-state index contributed by atoms with van der Waals surface area (Å²) < 4.78 is 7.10. The van der Waals surface area contributed by atoms with Gasteiger partial charge in [0.05, 0.1) is 28.3 Å². The zero-order valence-corrected chi connectivity index (χ0v) is 16.7. The summed E-state index contributed by atoms with van der Waals surface area (Å²) in [6.07, 6.45) is 3.27. The van der Waals surface area contributed by atoms with Crippen molar-refractivity contribution in [1.82, 2.24) is 14.8 Å². The van der Waals surface area contributed by atoms with Gasteiger partial charge in [0.2, 0.25) is 0 Å². The lowest BCUT2D eigenvalue weighted by Crippen LogP contribution is -2.13. The molecule has 0 aliphatic carbocycles. The average Bonchev–Trinajstić information content (AvgIpc) is 3.43. The van der Waals surface area contributed by atoms with Crippen LogP contribution in [0.25, 0.3) is 10.4 Å². The maximum atomic E-state index is 12.8. The largest absolute Gasteiger partial charge is 0.456 e. The number of amides is 1. The van der Waals surface area contributed by atoms with Crippen LogP contribution in [-0.4, -0.2) is 26.5 Å². The molecule has 0 fully saturated rings. The van der Waals surface area contributed by atoms with Crippen LogP contribution >= 0.6 is 11.3 Å². The minimum Gasteiger partial charge on any atom is -0.456 e. The molecule has 1 amide bonds. The standard InChI is InChI=1S/C21H18N4O3S/c1-13(26)18-9-8-17(28-18)12-25-11-16(10-22-25)24-21(27)19-20(29-14(2)23-19)15-6-4-3-5-7-15/h3-11H,12H2,1-2H3,(H,24,27). The fourth-order valence-corrected chi connectivity index (χ4v) is 3.80. The van der Waals surface area contributed by atoms with Gasteiger partial charge in [-0.25, -0.2) is 4.98 Å². The molecule has 3 aromatic heterocycles. The number of anilines is 1. The zero-order valence-electron chi connectivity index (χ0n) is 15.9.